The van der Waals surface area contributed by atoms with Crippen LogP contribution in [0.15, 0.2) is 24.5 Å². The second-order valence-electron chi connectivity index (χ2n) is 6.83. The molecule has 2 aromatic heterocycles. The first-order valence-corrected chi connectivity index (χ1v) is 8.53. The molecule has 0 aliphatic carbocycles. The summed E-state index contributed by atoms with van der Waals surface area (Å²) in [6.07, 6.45) is 7.43. The molecule has 120 valence electrons. The van der Waals surface area contributed by atoms with E-state index in [4.69, 9.17) is 4.74 Å². The quantitative estimate of drug-likeness (QED) is 0.688. The van der Waals surface area contributed by atoms with Crippen LogP contribution in [-0.2, 0) is 4.74 Å². The molecule has 0 bridgehead atoms. The SMILES string of the molecule is Cc1c(C(C)C)ncc2cc3c(cnn3C3CCCCO3)cc12. The number of aromatic nitrogens is 3. The van der Waals surface area contributed by atoms with E-state index in [0.29, 0.717) is 5.92 Å². The molecule has 0 spiro atoms. The van der Waals surface area contributed by atoms with Crippen molar-refractivity contribution >= 4 is 21.7 Å². The van der Waals surface area contributed by atoms with Gasteiger partial charge >= 0.3 is 0 Å². The maximum Gasteiger partial charge on any atom is 0.150 e. The molecule has 0 amide bonds. The summed E-state index contributed by atoms with van der Waals surface area (Å²) in [7, 11) is 0. The van der Waals surface area contributed by atoms with E-state index in [9.17, 15) is 0 Å². The van der Waals surface area contributed by atoms with E-state index in [1.165, 1.54) is 33.8 Å². The van der Waals surface area contributed by atoms with E-state index < -0.39 is 0 Å². The summed E-state index contributed by atoms with van der Waals surface area (Å²) in [6.45, 7) is 7.39. The van der Waals surface area contributed by atoms with Crippen molar-refractivity contribution in [2.75, 3.05) is 6.61 Å². The van der Waals surface area contributed by atoms with Gasteiger partial charge in [-0.2, -0.15) is 5.10 Å². The second-order valence-corrected chi connectivity index (χ2v) is 6.83. The van der Waals surface area contributed by atoms with Crippen LogP contribution in [0, 0.1) is 6.92 Å². The molecular weight excluding hydrogens is 286 g/mol. The summed E-state index contributed by atoms with van der Waals surface area (Å²) in [4.78, 5) is 4.68. The molecule has 0 radical (unpaired) electrons. The smallest absolute Gasteiger partial charge is 0.150 e. The fourth-order valence-electron chi connectivity index (χ4n) is 3.64. The number of hydrogen-bond acceptors (Lipinski definition) is 3. The monoisotopic (exact) mass is 309 g/mol. The van der Waals surface area contributed by atoms with E-state index >= 15 is 0 Å². The number of benzene rings is 1. The highest BCUT2D eigenvalue weighted by Gasteiger charge is 2.19. The Labute approximate surface area is 136 Å². The van der Waals surface area contributed by atoms with Crippen molar-refractivity contribution in [3.05, 3.63) is 35.8 Å². The predicted molar refractivity (Wildman–Crippen MR) is 92.7 cm³/mol. The summed E-state index contributed by atoms with van der Waals surface area (Å²) in [5.41, 5.74) is 3.60. The van der Waals surface area contributed by atoms with Crippen molar-refractivity contribution in [3.63, 3.8) is 0 Å². The molecule has 1 unspecified atom stereocenters. The number of aryl methyl sites for hydroxylation is 1. The van der Waals surface area contributed by atoms with Crippen molar-refractivity contribution in [3.8, 4) is 0 Å². The molecule has 4 heteroatoms. The number of hydrogen-bond donors (Lipinski definition) is 0. The minimum absolute atomic E-state index is 0.0719. The van der Waals surface area contributed by atoms with Gasteiger partial charge in [0.1, 0.15) is 0 Å². The van der Waals surface area contributed by atoms with Crippen molar-refractivity contribution in [2.24, 2.45) is 0 Å². The molecule has 3 aromatic rings. The van der Waals surface area contributed by atoms with Crippen LogP contribution in [0.5, 0.6) is 0 Å². The molecule has 4 rings (SSSR count). The zero-order valence-corrected chi connectivity index (χ0v) is 14.0. The van der Waals surface area contributed by atoms with Gasteiger partial charge in [0, 0.05) is 29.3 Å². The molecule has 23 heavy (non-hydrogen) atoms. The Balaban J connectivity index is 1.88. The van der Waals surface area contributed by atoms with Gasteiger partial charge in [0.2, 0.25) is 0 Å². The van der Waals surface area contributed by atoms with Crippen molar-refractivity contribution in [1.29, 1.82) is 0 Å². The van der Waals surface area contributed by atoms with Gasteiger partial charge in [-0.1, -0.05) is 13.8 Å². The molecule has 0 N–H and O–H groups in total. The van der Waals surface area contributed by atoms with Crippen LogP contribution in [0.4, 0.5) is 0 Å². The topological polar surface area (TPSA) is 39.9 Å². The Morgan fingerprint density at radius 1 is 1.17 bits per heavy atom. The summed E-state index contributed by atoms with van der Waals surface area (Å²) in [6, 6.07) is 4.46. The summed E-state index contributed by atoms with van der Waals surface area (Å²) in [5.74, 6) is 0.438. The minimum atomic E-state index is 0.0719. The van der Waals surface area contributed by atoms with E-state index in [1.807, 2.05) is 17.1 Å². The Kier molecular flexibility index (Phi) is 3.57. The summed E-state index contributed by atoms with van der Waals surface area (Å²) < 4.78 is 7.94. The van der Waals surface area contributed by atoms with Crippen LogP contribution in [-0.4, -0.2) is 21.4 Å². The third-order valence-corrected chi connectivity index (χ3v) is 4.87. The first kappa shape index (κ1) is 14.6. The average molecular weight is 309 g/mol. The van der Waals surface area contributed by atoms with Gasteiger partial charge in [-0.05, 0) is 55.2 Å². The molecule has 3 heterocycles. The van der Waals surface area contributed by atoms with Crippen LogP contribution < -0.4 is 0 Å². The Morgan fingerprint density at radius 3 is 2.78 bits per heavy atom. The van der Waals surface area contributed by atoms with Crippen molar-refractivity contribution in [1.82, 2.24) is 14.8 Å². The predicted octanol–water partition coefficient (Wildman–Crippen LogP) is 4.72. The molecule has 4 nitrogen and oxygen atoms in total. The van der Waals surface area contributed by atoms with Crippen LogP contribution >= 0.6 is 0 Å². The van der Waals surface area contributed by atoms with Gasteiger partial charge in [-0.25, -0.2) is 4.68 Å². The standard InChI is InChI=1S/C19H23N3O/c1-12(2)19-13(3)16-8-15-11-21-22(18-6-4-5-7-23-18)17(15)9-14(16)10-20-19/h8-12,18H,4-7H2,1-3H3. The van der Waals surface area contributed by atoms with Crippen LogP contribution in [0.3, 0.4) is 0 Å². The second kappa shape index (κ2) is 5.60. The van der Waals surface area contributed by atoms with E-state index in [2.05, 4.69) is 43.0 Å². The number of fused-ring (bicyclic) bond motifs is 2. The Bertz CT molecular complexity index is 860. The van der Waals surface area contributed by atoms with Crippen LogP contribution in [0.25, 0.3) is 21.7 Å². The highest BCUT2D eigenvalue weighted by Crippen LogP contribution is 2.31. The maximum absolute atomic E-state index is 5.90. The van der Waals surface area contributed by atoms with E-state index in [0.717, 1.165) is 25.0 Å². The zero-order chi connectivity index (χ0) is 16.0. The third kappa shape index (κ3) is 2.41. The van der Waals surface area contributed by atoms with Crippen LogP contribution in [0.2, 0.25) is 0 Å². The normalized spacial score (nSPS) is 19.0. The fourth-order valence-corrected chi connectivity index (χ4v) is 3.64. The Morgan fingerprint density at radius 2 is 2.04 bits per heavy atom. The maximum atomic E-state index is 5.90. The molecule has 1 fully saturated rings. The largest absolute Gasteiger partial charge is 0.356 e. The molecule has 1 aliphatic heterocycles. The lowest BCUT2D eigenvalue weighted by Crippen LogP contribution is -2.18. The first-order chi connectivity index (χ1) is 11.1. The van der Waals surface area contributed by atoms with Gasteiger partial charge in [0.25, 0.3) is 0 Å². The Hall–Kier alpha value is -1.94. The lowest BCUT2D eigenvalue weighted by atomic mass is 9.98. The first-order valence-electron chi connectivity index (χ1n) is 8.53. The molecule has 0 saturated carbocycles. The number of rotatable bonds is 2. The highest BCUT2D eigenvalue weighted by molar-refractivity contribution is 5.98. The molecule has 1 aromatic carbocycles. The average Bonchev–Trinajstić information content (AvgIpc) is 2.97. The summed E-state index contributed by atoms with van der Waals surface area (Å²) in [5, 5.41) is 8.23. The molecule has 1 atom stereocenters. The van der Waals surface area contributed by atoms with Gasteiger partial charge in [0.15, 0.2) is 6.23 Å². The van der Waals surface area contributed by atoms with Crippen LogP contribution in [0.1, 0.15) is 56.5 Å². The number of pyridine rings is 1. The third-order valence-electron chi connectivity index (χ3n) is 4.87. The minimum Gasteiger partial charge on any atom is -0.356 e. The summed E-state index contributed by atoms with van der Waals surface area (Å²) >= 11 is 0. The lowest BCUT2D eigenvalue weighted by Gasteiger charge is -2.23. The van der Waals surface area contributed by atoms with Gasteiger partial charge in [0.05, 0.1) is 11.7 Å². The fraction of sp³-hybridized carbons (Fsp3) is 0.474. The lowest BCUT2D eigenvalue weighted by molar-refractivity contribution is -0.0366. The van der Waals surface area contributed by atoms with Crippen molar-refractivity contribution in [2.45, 2.75) is 52.2 Å². The van der Waals surface area contributed by atoms with E-state index in [1.54, 1.807) is 0 Å². The highest BCUT2D eigenvalue weighted by atomic mass is 16.5. The molecule has 1 saturated heterocycles. The van der Waals surface area contributed by atoms with Gasteiger partial charge in [-0.15, -0.1) is 0 Å². The van der Waals surface area contributed by atoms with E-state index in [-0.39, 0.29) is 6.23 Å². The van der Waals surface area contributed by atoms with Gasteiger partial charge in [-0.3, -0.25) is 4.98 Å². The number of nitrogens with zero attached hydrogens (tertiary/aromatic N) is 3. The molecule has 1 aliphatic rings. The zero-order valence-electron chi connectivity index (χ0n) is 14.0. The molecular formula is C19H23N3O. The van der Waals surface area contributed by atoms with Gasteiger partial charge < -0.3 is 4.74 Å². The van der Waals surface area contributed by atoms with Crippen molar-refractivity contribution < 1.29 is 4.74 Å². The number of ether oxygens (including phenoxy) is 1.